The molecule has 186 valence electrons. The highest BCUT2D eigenvalue weighted by Crippen LogP contribution is 2.47. The lowest BCUT2D eigenvalue weighted by molar-refractivity contribution is 1.60. The first-order chi connectivity index (χ1) is 19.9. The molecule has 8 aromatic rings. The smallest absolute Gasteiger partial charge is 0.00201 e. The zero-order valence-electron chi connectivity index (χ0n) is 22.0. The average Bonchev–Trinajstić information content (AvgIpc) is 3.04. The van der Waals surface area contributed by atoms with Crippen molar-refractivity contribution in [3.8, 4) is 33.4 Å². The first kappa shape index (κ1) is 22.8. The molecule has 0 spiro atoms. The number of hydrogen-bond donors (Lipinski definition) is 0. The van der Waals surface area contributed by atoms with Crippen LogP contribution in [-0.2, 0) is 0 Å². The molecule has 0 aliphatic heterocycles. The molecule has 0 aromatic heterocycles. The first-order valence-corrected chi connectivity index (χ1v) is 13.9. The number of hydrogen-bond acceptors (Lipinski definition) is 0. The van der Waals surface area contributed by atoms with Crippen molar-refractivity contribution in [2.45, 2.75) is 0 Å². The number of benzene rings is 8. The van der Waals surface area contributed by atoms with Crippen molar-refractivity contribution in [2.75, 3.05) is 0 Å². The van der Waals surface area contributed by atoms with Gasteiger partial charge in [-0.05, 0) is 82.5 Å². The Morgan fingerprint density at radius 1 is 0.250 bits per heavy atom. The van der Waals surface area contributed by atoms with Crippen LogP contribution in [0.25, 0.3) is 76.5 Å². The minimum absolute atomic E-state index is 1.23. The van der Waals surface area contributed by atoms with Gasteiger partial charge in [-0.25, -0.2) is 0 Å². The van der Waals surface area contributed by atoms with Crippen molar-refractivity contribution < 1.29 is 0 Å². The van der Waals surface area contributed by atoms with Crippen molar-refractivity contribution >= 4 is 43.1 Å². The molecule has 0 atom stereocenters. The fourth-order valence-corrected chi connectivity index (χ4v) is 6.45. The summed E-state index contributed by atoms with van der Waals surface area (Å²) in [5.74, 6) is 0. The summed E-state index contributed by atoms with van der Waals surface area (Å²) in [6.07, 6.45) is 0. The van der Waals surface area contributed by atoms with Crippen LogP contribution in [-0.4, -0.2) is 0 Å². The van der Waals surface area contributed by atoms with Gasteiger partial charge in [0.2, 0.25) is 0 Å². The summed E-state index contributed by atoms with van der Waals surface area (Å²) in [7, 11) is 0. The molecular weight excluding hydrogens is 480 g/mol. The van der Waals surface area contributed by atoms with Gasteiger partial charge in [0.05, 0.1) is 0 Å². The molecule has 0 nitrogen and oxygen atoms in total. The highest BCUT2D eigenvalue weighted by molar-refractivity contribution is 6.20. The van der Waals surface area contributed by atoms with E-state index in [0.29, 0.717) is 0 Å². The van der Waals surface area contributed by atoms with Crippen molar-refractivity contribution in [3.63, 3.8) is 0 Å². The minimum Gasteiger partial charge on any atom is -0.0622 e. The van der Waals surface area contributed by atoms with Crippen molar-refractivity contribution in [2.24, 2.45) is 0 Å². The number of fused-ring (bicyclic) bond motifs is 6. The molecule has 0 amide bonds. The fourth-order valence-electron chi connectivity index (χ4n) is 6.45. The minimum atomic E-state index is 1.23. The summed E-state index contributed by atoms with van der Waals surface area (Å²) in [6, 6.07) is 57.6. The number of rotatable bonds is 3. The normalized spacial score (nSPS) is 11.5. The van der Waals surface area contributed by atoms with Crippen molar-refractivity contribution in [3.05, 3.63) is 158 Å². The van der Waals surface area contributed by atoms with Gasteiger partial charge < -0.3 is 0 Å². The van der Waals surface area contributed by atoms with Gasteiger partial charge in [0.1, 0.15) is 0 Å². The SMILES string of the molecule is c1ccc(-c2c(-c3cccc4c3ccc3ccccc34)cc3c(ccc4ccccc43)c2-c2ccccc2)cc1. The Morgan fingerprint density at radius 2 is 0.775 bits per heavy atom. The van der Waals surface area contributed by atoms with Gasteiger partial charge in [-0.2, -0.15) is 0 Å². The highest BCUT2D eigenvalue weighted by atomic mass is 14.2. The maximum Gasteiger partial charge on any atom is -0.00201 e. The molecule has 0 saturated heterocycles. The molecule has 8 aromatic carbocycles. The third-order valence-corrected chi connectivity index (χ3v) is 8.25. The summed E-state index contributed by atoms with van der Waals surface area (Å²) < 4.78 is 0. The quantitative estimate of drug-likeness (QED) is 0.209. The van der Waals surface area contributed by atoms with Crippen LogP contribution in [0.2, 0.25) is 0 Å². The third-order valence-electron chi connectivity index (χ3n) is 8.25. The van der Waals surface area contributed by atoms with Gasteiger partial charge in [0, 0.05) is 0 Å². The van der Waals surface area contributed by atoms with Gasteiger partial charge >= 0.3 is 0 Å². The van der Waals surface area contributed by atoms with E-state index in [1.165, 1.54) is 76.5 Å². The second kappa shape index (κ2) is 9.22. The van der Waals surface area contributed by atoms with E-state index in [2.05, 4.69) is 158 Å². The summed E-state index contributed by atoms with van der Waals surface area (Å²) in [5, 5.41) is 10.2. The molecule has 0 fully saturated rings. The average molecular weight is 507 g/mol. The van der Waals surface area contributed by atoms with Gasteiger partial charge in [-0.1, -0.05) is 152 Å². The van der Waals surface area contributed by atoms with Crippen LogP contribution in [0.4, 0.5) is 0 Å². The Bertz CT molecular complexity index is 2190. The molecule has 0 unspecified atom stereocenters. The van der Waals surface area contributed by atoms with Crippen molar-refractivity contribution in [1.29, 1.82) is 0 Å². The Labute approximate surface area is 233 Å². The Balaban J connectivity index is 1.60. The van der Waals surface area contributed by atoms with Crippen LogP contribution in [0.15, 0.2) is 158 Å². The molecular formula is C40H26. The lowest BCUT2D eigenvalue weighted by atomic mass is 9.82. The van der Waals surface area contributed by atoms with Gasteiger partial charge in [-0.3, -0.25) is 0 Å². The van der Waals surface area contributed by atoms with Gasteiger partial charge in [-0.15, -0.1) is 0 Å². The van der Waals surface area contributed by atoms with Gasteiger partial charge in [0.25, 0.3) is 0 Å². The predicted octanol–water partition coefficient (Wildman–Crippen LogP) is 11.3. The van der Waals surface area contributed by atoms with Crippen LogP contribution < -0.4 is 0 Å². The summed E-state index contributed by atoms with van der Waals surface area (Å²) in [5.41, 5.74) is 7.53. The van der Waals surface area contributed by atoms with Crippen LogP contribution in [0.3, 0.4) is 0 Å². The van der Waals surface area contributed by atoms with E-state index < -0.39 is 0 Å². The Morgan fingerprint density at radius 3 is 1.45 bits per heavy atom. The van der Waals surface area contributed by atoms with E-state index in [1.54, 1.807) is 0 Å². The lowest BCUT2D eigenvalue weighted by Crippen LogP contribution is -1.94. The van der Waals surface area contributed by atoms with Crippen LogP contribution in [0.5, 0.6) is 0 Å². The topological polar surface area (TPSA) is 0 Å². The molecule has 0 aliphatic rings. The maximum atomic E-state index is 2.44. The molecule has 0 heterocycles. The second-order valence-corrected chi connectivity index (χ2v) is 10.5. The van der Waals surface area contributed by atoms with E-state index in [9.17, 15) is 0 Å². The van der Waals surface area contributed by atoms with E-state index in [1.807, 2.05) is 0 Å². The molecule has 0 heteroatoms. The third kappa shape index (κ3) is 3.54. The summed E-state index contributed by atoms with van der Waals surface area (Å²) >= 11 is 0. The van der Waals surface area contributed by atoms with Crippen LogP contribution >= 0.6 is 0 Å². The maximum absolute atomic E-state index is 2.44. The van der Waals surface area contributed by atoms with Crippen molar-refractivity contribution in [1.82, 2.24) is 0 Å². The molecule has 0 radical (unpaired) electrons. The largest absolute Gasteiger partial charge is 0.0622 e. The lowest BCUT2D eigenvalue weighted by Gasteiger charge is -2.21. The molecule has 0 N–H and O–H groups in total. The van der Waals surface area contributed by atoms with E-state index in [4.69, 9.17) is 0 Å². The van der Waals surface area contributed by atoms with E-state index in [0.717, 1.165) is 0 Å². The van der Waals surface area contributed by atoms with E-state index >= 15 is 0 Å². The molecule has 0 bridgehead atoms. The Hall–Kier alpha value is -5.20. The standard InChI is InChI=1S/C40H26/c1-3-14-29(15-4-1)39-36-25-23-28-13-8-10-19-32(28)37(36)26-38(40(39)30-16-5-2-6-17-30)34-21-11-20-33-31-18-9-7-12-27(31)22-24-35(33)34/h1-26H. The highest BCUT2D eigenvalue weighted by Gasteiger charge is 2.20. The molecule has 8 rings (SSSR count). The molecule has 0 saturated carbocycles. The van der Waals surface area contributed by atoms with E-state index in [-0.39, 0.29) is 0 Å². The monoisotopic (exact) mass is 506 g/mol. The Kier molecular flexibility index (Phi) is 5.24. The first-order valence-electron chi connectivity index (χ1n) is 13.9. The van der Waals surface area contributed by atoms with Crippen LogP contribution in [0, 0.1) is 0 Å². The zero-order valence-corrected chi connectivity index (χ0v) is 22.0. The molecule has 0 aliphatic carbocycles. The van der Waals surface area contributed by atoms with Gasteiger partial charge in [0.15, 0.2) is 0 Å². The fraction of sp³-hybridized carbons (Fsp3) is 0. The van der Waals surface area contributed by atoms with Crippen LogP contribution in [0.1, 0.15) is 0 Å². The summed E-state index contributed by atoms with van der Waals surface area (Å²) in [6.45, 7) is 0. The summed E-state index contributed by atoms with van der Waals surface area (Å²) in [4.78, 5) is 0. The zero-order chi connectivity index (χ0) is 26.5. The molecule has 40 heavy (non-hydrogen) atoms. The predicted molar refractivity (Wildman–Crippen MR) is 173 cm³/mol. The second-order valence-electron chi connectivity index (χ2n) is 10.5.